The molecule has 74 valence electrons. The van der Waals surface area contributed by atoms with Crippen LogP contribution in [0.4, 0.5) is 0 Å². The molecule has 0 bridgehead atoms. The zero-order chi connectivity index (χ0) is 10.5. The Morgan fingerprint density at radius 2 is 2.00 bits per heavy atom. The highest BCUT2D eigenvalue weighted by molar-refractivity contribution is 5.50. The van der Waals surface area contributed by atoms with Crippen molar-refractivity contribution < 1.29 is 9.53 Å². The number of carbonyl (C=O) groups is 1. The van der Waals surface area contributed by atoms with Crippen LogP contribution in [0.5, 0.6) is 0 Å². The molecule has 0 amide bonds. The van der Waals surface area contributed by atoms with Gasteiger partial charge in [0, 0.05) is 0 Å². The molecule has 0 rings (SSSR count). The largest absolute Gasteiger partial charge is 0.369 e. The van der Waals surface area contributed by atoms with Crippen molar-refractivity contribution in [2.24, 2.45) is 0 Å². The van der Waals surface area contributed by atoms with E-state index in [0.717, 1.165) is 5.57 Å². The molecule has 0 aliphatic heterocycles. The van der Waals surface area contributed by atoms with Crippen molar-refractivity contribution >= 4 is 6.29 Å². The Morgan fingerprint density at radius 1 is 1.38 bits per heavy atom. The molecule has 13 heavy (non-hydrogen) atoms. The fraction of sp³-hybridized carbons (Fsp3) is 0.364. The monoisotopic (exact) mass is 182 g/mol. The fourth-order valence-electron chi connectivity index (χ4n) is 0.551. The quantitative estimate of drug-likeness (QED) is 0.358. The highest BCUT2D eigenvalue weighted by atomic mass is 16.5. The highest BCUT2D eigenvalue weighted by Crippen LogP contribution is 1.95. The van der Waals surface area contributed by atoms with E-state index in [1.807, 2.05) is 13.8 Å². The van der Waals surface area contributed by atoms with Crippen molar-refractivity contribution in [2.75, 3.05) is 13.2 Å². The third kappa shape index (κ3) is 10.8. The van der Waals surface area contributed by atoms with Gasteiger partial charge in [-0.2, -0.15) is 0 Å². The molecule has 0 N–H and O–H groups in total. The van der Waals surface area contributed by atoms with Gasteiger partial charge in [0.2, 0.25) is 0 Å². The van der Waals surface area contributed by atoms with E-state index in [4.69, 9.17) is 4.74 Å². The first-order valence-corrected chi connectivity index (χ1v) is 4.30. The van der Waals surface area contributed by atoms with Crippen LogP contribution in [0.1, 0.15) is 13.8 Å². The second-order valence-corrected chi connectivity index (χ2v) is 1.86. The van der Waals surface area contributed by atoms with Gasteiger partial charge in [-0.05, 0) is 5.57 Å². The molecule has 0 atom stereocenters. The van der Waals surface area contributed by atoms with Crippen LogP contribution in [0.3, 0.4) is 0 Å². The average Bonchev–Trinajstić information content (AvgIpc) is 2.20. The van der Waals surface area contributed by atoms with Gasteiger partial charge in [0.15, 0.2) is 0 Å². The smallest absolute Gasteiger partial charge is 0.145 e. The summed E-state index contributed by atoms with van der Waals surface area (Å²) in [5, 5.41) is 0. The maximum Gasteiger partial charge on any atom is 0.145 e. The molecule has 0 aromatic rings. The molecular formula is C11H18O2. The summed E-state index contributed by atoms with van der Waals surface area (Å²) in [6.45, 7) is 11.6. The standard InChI is InChI=1S/C9H12O2.C2H6/c1-3-5-9(4-2)8-11-7-6-10;1-2/h3-6H,1-2,7-8H2;1-2H3/b9-5+;. The second-order valence-electron chi connectivity index (χ2n) is 1.86. The van der Waals surface area contributed by atoms with Crippen LogP contribution in [0.2, 0.25) is 0 Å². The van der Waals surface area contributed by atoms with Gasteiger partial charge in [-0.3, -0.25) is 0 Å². The molecule has 0 aromatic carbocycles. The molecule has 0 spiro atoms. The molecule has 2 heteroatoms. The summed E-state index contributed by atoms with van der Waals surface area (Å²) in [7, 11) is 0. The van der Waals surface area contributed by atoms with Crippen molar-refractivity contribution in [3.63, 3.8) is 0 Å². The number of allylic oxidation sites excluding steroid dienone is 2. The molecule has 0 saturated carbocycles. The zero-order valence-electron chi connectivity index (χ0n) is 8.45. The summed E-state index contributed by atoms with van der Waals surface area (Å²) < 4.78 is 4.93. The van der Waals surface area contributed by atoms with Gasteiger partial charge >= 0.3 is 0 Å². The maximum atomic E-state index is 9.84. The Bertz CT molecular complexity index is 169. The molecule has 0 fully saturated rings. The molecule has 2 nitrogen and oxygen atoms in total. The van der Waals surface area contributed by atoms with Crippen LogP contribution in [-0.4, -0.2) is 19.5 Å². The lowest BCUT2D eigenvalue weighted by Gasteiger charge is -1.98. The van der Waals surface area contributed by atoms with E-state index in [0.29, 0.717) is 12.9 Å². The Hall–Kier alpha value is -1.15. The number of carbonyl (C=O) groups excluding carboxylic acids is 1. The number of rotatable bonds is 6. The van der Waals surface area contributed by atoms with Gasteiger partial charge < -0.3 is 9.53 Å². The van der Waals surface area contributed by atoms with E-state index < -0.39 is 0 Å². The molecule has 0 aromatic heterocycles. The number of ether oxygens (including phenoxy) is 1. The van der Waals surface area contributed by atoms with Crippen molar-refractivity contribution in [1.82, 2.24) is 0 Å². The Balaban J connectivity index is 0. The van der Waals surface area contributed by atoms with E-state index in [9.17, 15) is 4.79 Å². The fourth-order valence-corrected chi connectivity index (χ4v) is 0.551. The Morgan fingerprint density at radius 3 is 2.38 bits per heavy atom. The predicted octanol–water partition coefficient (Wildman–Crippen LogP) is 2.53. The zero-order valence-corrected chi connectivity index (χ0v) is 8.45. The summed E-state index contributed by atoms with van der Waals surface area (Å²) in [5.74, 6) is 0. The van der Waals surface area contributed by atoms with Crippen LogP contribution < -0.4 is 0 Å². The SMILES string of the molecule is C=C/C=C(\C=C)COCC=O.CC. The Labute approximate surface area is 80.6 Å². The first-order chi connectivity index (χ1) is 6.35. The highest BCUT2D eigenvalue weighted by Gasteiger charge is 1.88. The molecule has 0 radical (unpaired) electrons. The minimum atomic E-state index is 0.127. The first-order valence-electron chi connectivity index (χ1n) is 4.30. The van der Waals surface area contributed by atoms with Gasteiger partial charge in [0.1, 0.15) is 12.9 Å². The maximum absolute atomic E-state index is 9.84. The van der Waals surface area contributed by atoms with E-state index in [1.165, 1.54) is 0 Å². The second kappa shape index (κ2) is 13.4. The summed E-state index contributed by atoms with van der Waals surface area (Å²) in [4.78, 5) is 9.84. The average molecular weight is 182 g/mol. The van der Waals surface area contributed by atoms with Crippen molar-refractivity contribution in [1.29, 1.82) is 0 Å². The first kappa shape index (κ1) is 14.4. The van der Waals surface area contributed by atoms with Gasteiger partial charge in [-0.1, -0.05) is 45.2 Å². The van der Waals surface area contributed by atoms with Gasteiger partial charge in [-0.25, -0.2) is 0 Å². The van der Waals surface area contributed by atoms with Crippen LogP contribution in [0.15, 0.2) is 37.0 Å². The summed E-state index contributed by atoms with van der Waals surface area (Å²) >= 11 is 0. The van der Waals surface area contributed by atoms with Crippen LogP contribution in [-0.2, 0) is 9.53 Å². The lowest BCUT2D eigenvalue weighted by molar-refractivity contribution is -0.111. The number of aldehydes is 1. The lowest BCUT2D eigenvalue weighted by atomic mass is 10.2. The van der Waals surface area contributed by atoms with Crippen LogP contribution >= 0.6 is 0 Å². The van der Waals surface area contributed by atoms with E-state index in [-0.39, 0.29) is 6.61 Å². The third-order valence-electron chi connectivity index (χ3n) is 1.05. The van der Waals surface area contributed by atoms with E-state index in [1.54, 1.807) is 18.2 Å². The summed E-state index contributed by atoms with van der Waals surface area (Å²) in [6.07, 6.45) is 5.83. The summed E-state index contributed by atoms with van der Waals surface area (Å²) in [5.41, 5.74) is 0.918. The minimum absolute atomic E-state index is 0.127. The van der Waals surface area contributed by atoms with Crippen molar-refractivity contribution in [3.8, 4) is 0 Å². The number of hydrogen-bond donors (Lipinski definition) is 0. The molecule has 0 heterocycles. The van der Waals surface area contributed by atoms with Gasteiger partial charge in [-0.15, -0.1) is 0 Å². The molecule has 0 aliphatic rings. The van der Waals surface area contributed by atoms with Crippen LogP contribution in [0, 0.1) is 0 Å². The third-order valence-corrected chi connectivity index (χ3v) is 1.05. The minimum Gasteiger partial charge on any atom is -0.369 e. The normalized spacial score (nSPS) is 9.54. The topological polar surface area (TPSA) is 26.3 Å². The number of hydrogen-bond acceptors (Lipinski definition) is 2. The van der Waals surface area contributed by atoms with Gasteiger partial charge in [0.25, 0.3) is 0 Å². The Kier molecular flexibility index (Phi) is 14.9. The molecule has 0 unspecified atom stereocenters. The predicted molar refractivity (Wildman–Crippen MR) is 56.7 cm³/mol. The molecule has 0 aliphatic carbocycles. The van der Waals surface area contributed by atoms with Gasteiger partial charge in [0.05, 0.1) is 6.61 Å². The van der Waals surface area contributed by atoms with E-state index in [2.05, 4.69) is 13.2 Å². The van der Waals surface area contributed by atoms with Crippen LogP contribution in [0.25, 0.3) is 0 Å². The summed E-state index contributed by atoms with van der Waals surface area (Å²) in [6, 6.07) is 0. The lowest BCUT2D eigenvalue weighted by Crippen LogP contribution is -1.98. The van der Waals surface area contributed by atoms with E-state index >= 15 is 0 Å². The van der Waals surface area contributed by atoms with Crippen molar-refractivity contribution in [2.45, 2.75) is 13.8 Å². The van der Waals surface area contributed by atoms with Crippen molar-refractivity contribution in [3.05, 3.63) is 37.0 Å². The molecule has 0 saturated heterocycles. The molecular weight excluding hydrogens is 164 g/mol.